The van der Waals surface area contributed by atoms with Crippen LogP contribution in [0.1, 0.15) is 48.9 Å². The average molecular weight is 321 g/mol. The Balaban J connectivity index is 2.10. The van der Waals surface area contributed by atoms with Crippen LogP contribution in [0, 0.1) is 6.92 Å². The molecule has 0 unspecified atom stereocenters. The summed E-state index contributed by atoms with van der Waals surface area (Å²) >= 11 is 0. The van der Waals surface area contributed by atoms with Gasteiger partial charge in [0.15, 0.2) is 0 Å². The molecule has 3 rings (SSSR count). The zero-order chi connectivity index (χ0) is 17.3. The number of carbonyl (C=O) groups is 1. The van der Waals surface area contributed by atoms with E-state index >= 15 is 0 Å². The normalized spacial score (nSPS) is 14.9. The molecule has 1 amide bonds. The molecule has 3 heteroatoms. The quantitative estimate of drug-likeness (QED) is 0.804. The molecule has 124 valence electrons. The Hall–Kier alpha value is -2.55. The minimum Gasteiger partial charge on any atom is -0.494 e. The molecule has 0 aliphatic carbocycles. The molecule has 1 heterocycles. The van der Waals surface area contributed by atoms with Crippen LogP contribution in [-0.4, -0.2) is 12.5 Å². The third-order valence-electron chi connectivity index (χ3n) is 4.33. The second-order valence-corrected chi connectivity index (χ2v) is 6.39. The molecular formula is C21H23NO2. The molecule has 0 spiro atoms. The van der Waals surface area contributed by atoms with Crippen LogP contribution in [0.15, 0.2) is 36.4 Å². The number of hydrogen-bond acceptors (Lipinski definition) is 2. The lowest BCUT2D eigenvalue weighted by Crippen LogP contribution is -2.04. The van der Waals surface area contributed by atoms with Gasteiger partial charge in [-0.2, -0.15) is 0 Å². The molecule has 24 heavy (non-hydrogen) atoms. The van der Waals surface area contributed by atoms with Gasteiger partial charge in [-0.1, -0.05) is 32.0 Å². The van der Waals surface area contributed by atoms with E-state index in [1.54, 1.807) is 0 Å². The van der Waals surface area contributed by atoms with E-state index in [0.29, 0.717) is 18.1 Å². The number of carbonyl (C=O) groups excluding carboxylic acids is 1. The Morgan fingerprint density at radius 3 is 2.67 bits per heavy atom. The van der Waals surface area contributed by atoms with Crippen molar-refractivity contribution in [1.29, 1.82) is 0 Å². The van der Waals surface area contributed by atoms with Crippen molar-refractivity contribution < 1.29 is 9.53 Å². The molecule has 0 atom stereocenters. The van der Waals surface area contributed by atoms with Crippen LogP contribution in [0.5, 0.6) is 5.75 Å². The van der Waals surface area contributed by atoms with Gasteiger partial charge in [-0.3, -0.25) is 4.79 Å². The topological polar surface area (TPSA) is 38.3 Å². The Morgan fingerprint density at radius 2 is 1.96 bits per heavy atom. The maximum Gasteiger partial charge on any atom is 0.256 e. The molecule has 0 aromatic heterocycles. The van der Waals surface area contributed by atoms with Crippen LogP contribution in [0.4, 0.5) is 5.69 Å². The first kappa shape index (κ1) is 16.3. The second kappa shape index (κ2) is 6.52. The van der Waals surface area contributed by atoms with Gasteiger partial charge >= 0.3 is 0 Å². The molecule has 0 fully saturated rings. The fourth-order valence-electron chi connectivity index (χ4n) is 3.04. The summed E-state index contributed by atoms with van der Waals surface area (Å²) in [5.41, 5.74) is 5.88. The Bertz CT molecular complexity index is 819. The summed E-state index contributed by atoms with van der Waals surface area (Å²) in [6.45, 7) is 9.01. The summed E-state index contributed by atoms with van der Waals surface area (Å²) in [5, 5.41) is 2.92. The molecule has 2 aromatic rings. The molecule has 1 aliphatic rings. The third kappa shape index (κ3) is 2.94. The standard InChI is InChI=1S/C21H23NO2/c1-5-24-20-10-14(4)15(11-17(20)13(2)3)12-18-16-8-6-7-9-19(16)22-21(18)23/h6-13H,5H2,1-4H3,(H,22,23)/b18-12-. The maximum absolute atomic E-state index is 12.3. The number of aryl methyl sites for hydroxylation is 1. The third-order valence-corrected chi connectivity index (χ3v) is 4.33. The summed E-state index contributed by atoms with van der Waals surface area (Å²) in [6.07, 6.45) is 1.98. The highest BCUT2D eigenvalue weighted by Crippen LogP contribution is 2.35. The number of amides is 1. The van der Waals surface area contributed by atoms with E-state index in [4.69, 9.17) is 4.74 Å². The van der Waals surface area contributed by atoms with Crippen molar-refractivity contribution in [3.8, 4) is 5.75 Å². The Labute approximate surface area is 143 Å². The molecule has 3 nitrogen and oxygen atoms in total. The number of hydrogen-bond donors (Lipinski definition) is 1. The van der Waals surface area contributed by atoms with E-state index in [9.17, 15) is 4.79 Å². The van der Waals surface area contributed by atoms with E-state index in [0.717, 1.165) is 28.1 Å². The first-order chi connectivity index (χ1) is 11.5. The summed E-state index contributed by atoms with van der Waals surface area (Å²) in [5.74, 6) is 1.24. The zero-order valence-corrected chi connectivity index (χ0v) is 14.6. The van der Waals surface area contributed by atoms with Crippen LogP contribution < -0.4 is 10.1 Å². The van der Waals surface area contributed by atoms with Crippen LogP contribution in [0.3, 0.4) is 0 Å². The number of fused-ring (bicyclic) bond motifs is 1. The summed E-state index contributed by atoms with van der Waals surface area (Å²) in [4.78, 5) is 12.3. The zero-order valence-electron chi connectivity index (χ0n) is 14.6. The van der Waals surface area contributed by atoms with E-state index in [-0.39, 0.29) is 5.91 Å². The Morgan fingerprint density at radius 1 is 1.21 bits per heavy atom. The molecular weight excluding hydrogens is 298 g/mol. The first-order valence-corrected chi connectivity index (χ1v) is 8.41. The number of rotatable bonds is 4. The van der Waals surface area contributed by atoms with E-state index < -0.39 is 0 Å². The van der Waals surface area contributed by atoms with Gasteiger partial charge in [-0.05, 0) is 60.7 Å². The average Bonchev–Trinajstić information content (AvgIpc) is 2.85. The number of anilines is 1. The van der Waals surface area contributed by atoms with Crippen LogP contribution in [0.25, 0.3) is 11.6 Å². The minimum atomic E-state index is -0.0458. The predicted octanol–water partition coefficient (Wildman–Crippen LogP) is 5.01. The van der Waals surface area contributed by atoms with E-state index in [1.807, 2.05) is 37.3 Å². The van der Waals surface area contributed by atoms with Crippen molar-refractivity contribution in [2.45, 2.75) is 33.6 Å². The molecule has 0 bridgehead atoms. The number of para-hydroxylation sites is 1. The lowest BCUT2D eigenvalue weighted by molar-refractivity contribution is -0.110. The number of benzene rings is 2. The minimum absolute atomic E-state index is 0.0458. The van der Waals surface area contributed by atoms with E-state index in [2.05, 4.69) is 38.2 Å². The predicted molar refractivity (Wildman–Crippen MR) is 99.4 cm³/mol. The van der Waals surface area contributed by atoms with Gasteiger partial charge in [0.25, 0.3) is 5.91 Å². The SMILES string of the molecule is CCOc1cc(C)c(/C=C2\C(=O)Nc3ccccc32)cc1C(C)C. The van der Waals surface area contributed by atoms with Crippen LogP contribution in [0.2, 0.25) is 0 Å². The second-order valence-electron chi connectivity index (χ2n) is 6.39. The summed E-state index contributed by atoms with van der Waals surface area (Å²) in [6, 6.07) is 12.0. The molecule has 0 saturated heterocycles. The van der Waals surface area contributed by atoms with Crippen molar-refractivity contribution in [3.05, 3.63) is 58.7 Å². The monoisotopic (exact) mass is 321 g/mol. The smallest absolute Gasteiger partial charge is 0.256 e. The molecule has 0 saturated carbocycles. The molecule has 1 N–H and O–H groups in total. The van der Waals surface area contributed by atoms with Crippen molar-refractivity contribution in [3.63, 3.8) is 0 Å². The van der Waals surface area contributed by atoms with Gasteiger partial charge in [-0.15, -0.1) is 0 Å². The van der Waals surface area contributed by atoms with E-state index in [1.165, 1.54) is 5.56 Å². The van der Waals surface area contributed by atoms with Crippen molar-refractivity contribution >= 4 is 23.2 Å². The van der Waals surface area contributed by atoms with Crippen LogP contribution >= 0.6 is 0 Å². The van der Waals surface area contributed by atoms with Crippen LogP contribution in [-0.2, 0) is 4.79 Å². The molecule has 0 radical (unpaired) electrons. The largest absolute Gasteiger partial charge is 0.494 e. The Kier molecular flexibility index (Phi) is 4.43. The lowest BCUT2D eigenvalue weighted by Gasteiger charge is -2.16. The fourth-order valence-corrected chi connectivity index (χ4v) is 3.04. The first-order valence-electron chi connectivity index (χ1n) is 8.41. The maximum atomic E-state index is 12.3. The number of nitrogens with one attached hydrogen (secondary N) is 1. The highest BCUT2D eigenvalue weighted by Gasteiger charge is 2.23. The van der Waals surface area contributed by atoms with Gasteiger partial charge in [0.2, 0.25) is 0 Å². The van der Waals surface area contributed by atoms with Crippen molar-refractivity contribution in [1.82, 2.24) is 0 Å². The van der Waals surface area contributed by atoms with Gasteiger partial charge in [0.1, 0.15) is 5.75 Å². The molecule has 2 aromatic carbocycles. The summed E-state index contributed by atoms with van der Waals surface area (Å²) < 4.78 is 5.78. The van der Waals surface area contributed by atoms with Crippen molar-refractivity contribution in [2.24, 2.45) is 0 Å². The highest BCUT2D eigenvalue weighted by molar-refractivity contribution is 6.34. The molecule has 1 aliphatic heterocycles. The van der Waals surface area contributed by atoms with Gasteiger partial charge in [-0.25, -0.2) is 0 Å². The highest BCUT2D eigenvalue weighted by atomic mass is 16.5. The lowest BCUT2D eigenvalue weighted by atomic mass is 9.94. The van der Waals surface area contributed by atoms with Gasteiger partial charge in [0.05, 0.1) is 6.61 Å². The number of ether oxygens (including phenoxy) is 1. The van der Waals surface area contributed by atoms with Crippen molar-refractivity contribution in [2.75, 3.05) is 11.9 Å². The van der Waals surface area contributed by atoms with Gasteiger partial charge in [0, 0.05) is 16.8 Å². The van der Waals surface area contributed by atoms with Gasteiger partial charge < -0.3 is 10.1 Å². The fraction of sp³-hybridized carbons (Fsp3) is 0.286. The summed E-state index contributed by atoms with van der Waals surface area (Å²) in [7, 11) is 0.